The number of rotatable bonds is 8. The van der Waals surface area contributed by atoms with E-state index in [-0.39, 0.29) is 12.4 Å². The topological polar surface area (TPSA) is 35.5 Å². The van der Waals surface area contributed by atoms with Gasteiger partial charge in [-0.1, -0.05) is 54.6 Å². The molecule has 1 atom stereocenters. The Morgan fingerprint density at radius 3 is 1.97 bits per heavy atom. The number of halogens is 1. The van der Waals surface area contributed by atoms with E-state index in [0.717, 1.165) is 31.0 Å². The highest BCUT2D eigenvalue weighted by Gasteiger charge is 2.29. The lowest BCUT2D eigenvalue weighted by Gasteiger charge is -2.26. The van der Waals surface area contributed by atoms with Gasteiger partial charge in [0, 0.05) is 0 Å². The second-order valence-corrected chi connectivity index (χ2v) is 11.4. The summed E-state index contributed by atoms with van der Waals surface area (Å²) >= 11 is 0. The third-order valence-corrected chi connectivity index (χ3v) is 8.49. The summed E-state index contributed by atoms with van der Waals surface area (Å²) in [5, 5.41) is 2.24. The number of esters is 1. The van der Waals surface area contributed by atoms with Crippen LogP contribution in [0.15, 0.2) is 136 Å². The van der Waals surface area contributed by atoms with E-state index in [4.69, 9.17) is 9.47 Å². The van der Waals surface area contributed by atoms with Gasteiger partial charge in [0.1, 0.15) is 17.2 Å². The Labute approximate surface area is 225 Å². The molecule has 0 fully saturated rings. The van der Waals surface area contributed by atoms with Gasteiger partial charge in [-0.15, -0.1) is 0 Å². The van der Waals surface area contributed by atoms with E-state index >= 15 is 0 Å². The molecule has 0 bridgehead atoms. The van der Waals surface area contributed by atoms with Crippen LogP contribution in [-0.4, -0.2) is 12.6 Å². The van der Waals surface area contributed by atoms with Crippen LogP contribution >= 0.6 is 0 Å². The molecule has 0 aromatic heterocycles. The maximum Gasteiger partial charge on any atom is 0.345 e. The molecule has 0 aliphatic carbocycles. The molecule has 0 spiro atoms. The van der Waals surface area contributed by atoms with Crippen molar-refractivity contribution in [2.75, 3.05) is 6.61 Å². The van der Waals surface area contributed by atoms with Crippen LogP contribution in [0.2, 0.25) is 0 Å². The van der Waals surface area contributed by atoms with Crippen molar-refractivity contribution in [3.63, 3.8) is 0 Å². The first kappa shape index (κ1) is 25.6. The van der Waals surface area contributed by atoms with Crippen LogP contribution in [0.4, 0.5) is 4.39 Å². The largest absolute Gasteiger partial charge is 0.482 e. The van der Waals surface area contributed by atoms with Crippen molar-refractivity contribution in [3.8, 4) is 5.75 Å². The van der Waals surface area contributed by atoms with E-state index in [0.29, 0.717) is 5.75 Å². The van der Waals surface area contributed by atoms with Crippen LogP contribution < -0.4 is 4.74 Å². The second-order valence-electron chi connectivity index (χ2n) is 9.38. The van der Waals surface area contributed by atoms with Crippen LogP contribution in [0.3, 0.4) is 0 Å². The summed E-state index contributed by atoms with van der Waals surface area (Å²) < 4.78 is 25.1. The van der Waals surface area contributed by atoms with Gasteiger partial charge < -0.3 is 9.47 Å². The maximum atomic E-state index is 13.6. The Morgan fingerprint density at radius 1 is 0.711 bits per heavy atom. The molecule has 0 saturated heterocycles. The van der Waals surface area contributed by atoms with E-state index in [1.165, 1.54) is 12.1 Å². The van der Waals surface area contributed by atoms with Gasteiger partial charge in [0.2, 0.25) is 0 Å². The molecule has 0 aliphatic heterocycles. The van der Waals surface area contributed by atoms with Gasteiger partial charge in [-0.05, 0) is 96.9 Å². The van der Waals surface area contributed by atoms with Crippen LogP contribution in [0, 0.1) is 5.82 Å². The minimum atomic E-state index is -0.798. The lowest BCUT2D eigenvalue weighted by molar-refractivity contribution is -0.159. The van der Waals surface area contributed by atoms with Gasteiger partial charge in [-0.2, -0.15) is 0 Å². The fourth-order valence-corrected chi connectivity index (χ4v) is 6.35. The smallest absolute Gasteiger partial charge is 0.345 e. The average molecular weight is 524 g/mol. The zero-order chi connectivity index (χ0) is 26.5. The molecule has 1 unspecified atom stereocenters. The number of fused-ring (bicyclic) bond motifs is 1. The van der Waals surface area contributed by atoms with E-state index < -0.39 is 22.5 Å². The molecule has 5 rings (SSSR count). The van der Waals surface area contributed by atoms with E-state index in [9.17, 15) is 9.18 Å². The van der Waals surface area contributed by atoms with Crippen molar-refractivity contribution < 1.29 is 18.7 Å². The first-order valence-electron chi connectivity index (χ1n) is 12.4. The van der Waals surface area contributed by atoms with Gasteiger partial charge in [-0.3, -0.25) is 0 Å². The Morgan fingerprint density at radius 2 is 1.29 bits per heavy atom. The van der Waals surface area contributed by atoms with Crippen LogP contribution in [0.1, 0.15) is 19.4 Å². The summed E-state index contributed by atoms with van der Waals surface area (Å²) in [4.78, 5) is 15.9. The van der Waals surface area contributed by atoms with Crippen LogP contribution in [-0.2, 0) is 26.0 Å². The molecule has 3 nitrogen and oxygen atoms in total. The lowest BCUT2D eigenvalue weighted by Crippen LogP contribution is -2.28. The average Bonchev–Trinajstić information content (AvgIpc) is 2.94. The van der Waals surface area contributed by atoms with Gasteiger partial charge in [0.05, 0.1) is 10.9 Å². The molecule has 0 heterocycles. The molecule has 0 amide bonds. The number of hydrogen-bond acceptors (Lipinski definition) is 3. The number of ether oxygens (including phenoxy) is 2. The second kappa shape index (κ2) is 11.1. The summed E-state index contributed by atoms with van der Waals surface area (Å²) in [7, 11) is -0.403. The van der Waals surface area contributed by atoms with E-state index in [1.54, 1.807) is 0 Å². The first-order chi connectivity index (χ1) is 18.4. The summed E-state index contributed by atoms with van der Waals surface area (Å²) in [6, 6.07) is 38.6. The van der Waals surface area contributed by atoms with Crippen molar-refractivity contribution in [3.05, 3.63) is 133 Å². The van der Waals surface area contributed by atoms with Gasteiger partial charge in [-0.25, -0.2) is 9.18 Å². The molecule has 5 aromatic rings. The quantitative estimate of drug-likeness (QED) is 0.153. The van der Waals surface area contributed by atoms with Crippen molar-refractivity contribution in [2.45, 2.75) is 34.1 Å². The van der Waals surface area contributed by atoms with E-state index in [1.807, 2.05) is 105 Å². The Kier molecular flexibility index (Phi) is 7.47. The summed E-state index contributed by atoms with van der Waals surface area (Å²) in [6.45, 7) is 3.56. The summed E-state index contributed by atoms with van der Waals surface area (Å²) in [5.41, 5.74) is 0.121. The molecule has 5 heteroatoms. The van der Waals surface area contributed by atoms with Crippen LogP contribution in [0.25, 0.3) is 10.8 Å². The highest BCUT2D eigenvalue weighted by molar-refractivity contribution is 7.97. The van der Waals surface area contributed by atoms with Gasteiger partial charge in [0.15, 0.2) is 21.3 Å². The Bertz CT molecular complexity index is 1530. The Balaban J connectivity index is 1.26. The Hall–Kier alpha value is -4.09. The lowest BCUT2D eigenvalue weighted by atomic mass is 9.95. The van der Waals surface area contributed by atoms with Crippen molar-refractivity contribution in [1.82, 2.24) is 0 Å². The number of carbonyl (C=O) groups is 1. The third-order valence-electron chi connectivity index (χ3n) is 6.26. The zero-order valence-corrected chi connectivity index (χ0v) is 22.1. The fourth-order valence-electron chi connectivity index (χ4n) is 4.29. The zero-order valence-electron chi connectivity index (χ0n) is 21.3. The molecular formula is C33H28FO3S+. The van der Waals surface area contributed by atoms with Crippen molar-refractivity contribution in [2.24, 2.45) is 0 Å². The molecule has 0 N–H and O–H groups in total. The minimum Gasteiger partial charge on any atom is -0.482 e. The monoisotopic (exact) mass is 523 g/mol. The molecule has 0 saturated carbocycles. The van der Waals surface area contributed by atoms with Crippen molar-refractivity contribution in [1.29, 1.82) is 0 Å². The summed E-state index contributed by atoms with van der Waals surface area (Å²) in [6.07, 6.45) is 0. The number of benzene rings is 5. The first-order valence-corrected chi connectivity index (χ1v) is 13.6. The molecule has 0 radical (unpaired) electrons. The molecular weight excluding hydrogens is 495 g/mol. The molecule has 5 aromatic carbocycles. The highest BCUT2D eigenvalue weighted by atomic mass is 32.2. The molecule has 38 heavy (non-hydrogen) atoms. The normalized spacial score (nSPS) is 12.2. The predicted molar refractivity (Wildman–Crippen MR) is 150 cm³/mol. The molecule has 0 aliphatic rings. The minimum absolute atomic E-state index is 0.196. The predicted octanol–water partition coefficient (Wildman–Crippen LogP) is 7.93. The SMILES string of the molecule is CC(C)(OC(=O)COc1ccc([S+](c2ccccc2)c2ccc(F)cc2)cc1)c1ccc2ccccc2c1. The molecule has 190 valence electrons. The number of hydrogen-bond donors (Lipinski definition) is 0. The number of carbonyl (C=O) groups excluding carboxylic acids is 1. The maximum absolute atomic E-state index is 13.6. The van der Waals surface area contributed by atoms with Crippen LogP contribution in [0.5, 0.6) is 5.75 Å². The standard InChI is InChI=1S/C33H28FO3S/c1-33(2,26-13-12-24-8-6-7-9-25(24)22-26)37-32(35)23-36-28-16-20-31(21-17-28)38(29-10-4-3-5-11-29)30-18-14-27(34)15-19-30/h3-22H,23H2,1-2H3/q+1. The van der Waals surface area contributed by atoms with Gasteiger partial charge in [0.25, 0.3) is 0 Å². The van der Waals surface area contributed by atoms with E-state index in [2.05, 4.69) is 18.2 Å². The highest BCUT2D eigenvalue weighted by Crippen LogP contribution is 2.32. The van der Waals surface area contributed by atoms with Crippen molar-refractivity contribution >= 4 is 27.6 Å². The fraction of sp³-hybridized carbons (Fsp3) is 0.121. The summed E-state index contributed by atoms with van der Waals surface area (Å²) in [5.74, 6) is -0.127. The third kappa shape index (κ3) is 5.90. The van der Waals surface area contributed by atoms with Gasteiger partial charge >= 0.3 is 5.97 Å².